The summed E-state index contributed by atoms with van der Waals surface area (Å²) in [5.74, 6) is 0.751. The Morgan fingerprint density at radius 3 is 2.48 bits per heavy atom. The molecule has 0 amide bonds. The molecule has 0 bridgehead atoms. The number of nitrogens with one attached hydrogen (secondary N) is 1. The van der Waals surface area contributed by atoms with Crippen LogP contribution in [0.4, 0.5) is 0 Å². The zero-order valence-corrected chi connectivity index (χ0v) is 16.8. The van der Waals surface area contributed by atoms with Crippen molar-refractivity contribution in [1.29, 1.82) is 0 Å². The highest BCUT2D eigenvalue weighted by Crippen LogP contribution is 2.33. The largest absolute Gasteiger partial charge is 0.317 e. The van der Waals surface area contributed by atoms with E-state index in [4.69, 9.17) is 0 Å². The monoisotopic (exact) mass is 385 g/mol. The van der Waals surface area contributed by atoms with Gasteiger partial charge in [-0.3, -0.25) is 4.79 Å². The number of ketones is 1. The number of hydrogen-bond acceptors (Lipinski definition) is 4. The summed E-state index contributed by atoms with van der Waals surface area (Å²) in [5.41, 5.74) is 5.62. The summed E-state index contributed by atoms with van der Waals surface area (Å²) >= 11 is 0. The molecule has 1 aliphatic heterocycles. The van der Waals surface area contributed by atoms with Gasteiger partial charge < -0.3 is 5.32 Å². The number of carbonyl (C=O) groups is 1. The maximum atomic E-state index is 13.0. The summed E-state index contributed by atoms with van der Waals surface area (Å²) in [4.78, 5) is 13.0. The number of benzene rings is 2. The normalized spacial score (nSPS) is 15.8. The van der Waals surface area contributed by atoms with Crippen molar-refractivity contribution in [3.63, 3.8) is 0 Å². The van der Waals surface area contributed by atoms with Crippen molar-refractivity contribution in [3.05, 3.63) is 94.8 Å². The van der Waals surface area contributed by atoms with E-state index in [1.54, 1.807) is 18.5 Å². The van der Waals surface area contributed by atoms with E-state index >= 15 is 0 Å². The van der Waals surface area contributed by atoms with Crippen LogP contribution in [0.25, 0.3) is 0 Å². The molecular weight excluding hydrogens is 358 g/mol. The molecule has 1 fully saturated rings. The zero-order valence-electron chi connectivity index (χ0n) is 16.8. The first-order valence-corrected chi connectivity index (χ1v) is 10.4. The molecule has 0 radical (unpaired) electrons. The number of hydrogen-bond donors (Lipinski definition) is 1. The number of nitrogens with zero attached hydrogens (tertiary/aromatic N) is 2. The molecule has 1 atom stereocenters. The minimum absolute atomic E-state index is 0.0268. The van der Waals surface area contributed by atoms with E-state index in [0.717, 1.165) is 13.1 Å². The van der Waals surface area contributed by atoms with Crippen molar-refractivity contribution in [2.75, 3.05) is 13.1 Å². The van der Waals surface area contributed by atoms with Crippen molar-refractivity contribution in [2.45, 2.75) is 38.0 Å². The number of aryl methyl sites for hydroxylation is 1. The standard InChI is InChI=1S/C25H27N3O/c1-18-4-2-3-5-23(18)24(16-25(29)22-12-15-27-28-17-22)21-8-6-19(7-9-21)20-10-13-26-14-11-20/h2-9,12,15,17,20,24,26H,10-11,13-14,16H2,1H3. The second-order valence-electron chi connectivity index (χ2n) is 7.86. The van der Waals surface area contributed by atoms with Crippen molar-refractivity contribution < 1.29 is 4.79 Å². The molecule has 1 aliphatic rings. The smallest absolute Gasteiger partial charge is 0.165 e. The third-order valence-corrected chi connectivity index (χ3v) is 6.01. The van der Waals surface area contributed by atoms with Crippen LogP contribution in [-0.2, 0) is 0 Å². The quantitative estimate of drug-likeness (QED) is 0.627. The summed E-state index contributed by atoms with van der Waals surface area (Å²) < 4.78 is 0. The van der Waals surface area contributed by atoms with Gasteiger partial charge >= 0.3 is 0 Å². The molecule has 2 aromatic carbocycles. The van der Waals surface area contributed by atoms with E-state index in [1.165, 1.54) is 35.1 Å². The Hall–Kier alpha value is -2.85. The van der Waals surface area contributed by atoms with Gasteiger partial charge in [-0.15, -0.1) is 0 Å². The van der Waals surface area contributed by atoms with Crippen LogP contribution in [-0.4, -0.2) is 29.1 Å². The summed E-state index contributed by atoms with van der Waals surface area (Å²) in [7, 11) is 0. The molecule has 1 saturated heterocycles. The summed E-state index contributed by atoms with van der Waals surface area (Å²) in [6, 6.07) is 19.0. The molecule has 4 heteroatoms. The Morgan fingerprint density at radius 1 is 1.03 bits per heavy atom. The predicted molar refractivity (Wildman–Crippen MR) is 115 cm³/mol. The van der Waals surface area contributed by atoms with Crippen LogP contribution in [0.2, 0.25) is 0 Å². The molecule has 148 valence electrons. The van der Waals surface area contributed by atoms with E-state index in [9.17, 15) is 4.79 Å². The molecule has 29 heavy (non-hydrogen) atoms. The minimum atomic E-state index is 0.0268. The van der Waals surface area contributed by atoms with Gasteiger partial charge in [0.1, 0.15) is 0 Å². The first kappa shape index (κ1) is 19.5. The molecule has 4 nitrogen and oxygen atoms in total. The fraction of sp³-hybridized carbons (Fsp3) is 0.320. The first-order chi connectivity index (χ1) is 14.2. The second kappa shape index (κ2) is 9.10. The maximum absolute atomic E-state index is 13.0. The lowest BCUT2D eigenvalue weighted by atomic mass is 9.82. The lowest BCUT2D eigenvalue weighted by Crippen LogP contribution is -2.26. The van der Waals surface area contributed by atoms with Crippen LogP contribution in [0.1, 0.15) is 63.7 Å². The van der Waals surface area contributed by atoms with Gasteiger partial charge in [-0.2, -0.15) is 10.2 Å². The summed E-state index contributed by atoms with van der Waals surface area (Å²) in [5, 5.41) is 11.1. The fourth-order valence-corrected chi connectivity index (χ4v) is 4.30. The number of carbonyl (C=O) groups excluding carboxylic acids is 1. The molecule has 4 rings (SSSR count). The Kier molecular flexibility index (Phi) is 6.11. The minimum Gasteiger partial charge on any atom is -0.317 e. The van der Waals surface area contributed by atoms with Crippen molar-refractivity contribution in [2.24, 2.45) is 0 Å². The molecule has 3 aromatic rings. The summed E-state index contributed by atoms with van der Waals surface area (Å²) in [6.45, 7) is 4.30. The van der Waals surface area contributed by atoms with Crippen LogP contribution in [0.3, 0.4) is 0 Å². The molecule has 2 heterocycles. The van der Waals surface area contributed by atoms with E-state index in [-0.39, 0.29) is 11.7 Å². The Labute approximate surface area is 172 Å². The van der Waals surface area contributed by atoms with E-state index in [1.807, 2.05) is 6.07 Å². The zero-order chi connectivity index (χ0) is 20.1. The molecular formula is C25H27N3O. The highest BCUT2D eigenvalue weighted by Gasteiger charge is 2.22. The third kappa shape index (κ3) is 4.60. The van der Waals surface area contributed by atoms with Crippen LogP contribution >= 0.6 is 0 Å². The van der Waals surface area contributed by atoms with E-state index in [2.05, 4.69) is 64.9 Å². The van der Waals surface area contributed by atoms with Crippen molar-refractivity contribution >= 4 is 5.78 Å². The molecule has 1 aromatic heterocycles. The Balaban J connectivity index is 1.63. The first-order valence-electron chi connectivity index (χ1n) is 10.4. The highest BCUT2D eigenvalue weighted by atomic mass is 16.1. The van der Waals surface area contributed by atoms with Gasteiger partial charge in [0, 0.05) is 17.9 Å². The highest BCUT2D eigenvalue weighted by molar-refractivity contribution is 5.96. The molecule has 0 aliphatic carbocycles. The van der Waals surface area contributed by atoms with Crippen molar-refractivity contribution in [1.82, 2.24) is 15.5 Å². The topological polar surface area (TPSA) is 54.9 Å². The lowest BCUT2D eigenvalue weighted by molar-refractivity contribution is 0.0977. The van der Waals surface area contributed by atoms with Crippen LogP contribution in [0, 0.1) is 6.92 Å². The Morgan fingerprint density at radius 2 is 1.79 bits per heavy atom. The van der Waals surface area contributed by atoms with Gasteiger partial charge in [-0.25, -0.2) is 0 Å². The second-order valence-corrected chi connectivity index (χ2v) is 7.86. The number of Topliss-reactive ketones (excluding diaryl/α,β-unsaturated/α-hetero) is 1. The molecule has 1 unspecified atom stereocenters. The van der Waals surface area contributed by atoms with Crippen LogP contribution in [0.15, 0.2) is 67.0 Å². The lowest BCUT2D eigenvalue weighted by Gasteiger charge is -2.24. The molecule has 1 N–H and O–H groups in total. The van der Waals surface area contributed by atoms with E-state index in [0.29, 0.717) is 17.9 Å². The van der Waals surface area contributed by atoms with Crippen LogP contribution in [0.5, 0.6) is 0 Å². The van der Waals surface area contributed by atoms with Gasteiger partial charge in [0.15, 0.2) is 5.78 Å². The van der Waals surface area contributed by atoms with Crippen LogP contribution < -0.4 is 5.32 Å². The van der Waals surface area contributed by atoms with Gasteiger partial charge in [-0.05, 0) is 67.1 Å². The predicted octanol–water partition coefficient (Wildman–Crippen LogP) is 4.66. The Bertz CT molecular complexity index is 947. The number of rotatable bonds is 6. The third-order valence-electron chi connectivity index (χ3n) is 6.01. The fourth-order valence-electron chi connectivity index (χ4n) is 4.30. The van der Waals surface area contributed by atoms with Gasteiger partial charge in [0.2, 0.25) is 0 Å². The van der Waals surface area contributed by atoms with Gasteiger partial charge in [0.05, 0.1) is 12.4 Å². The SMILES string of the molecule is Cc1ccccc1C(CC(=O)c1ccnnc1)c1ccc(C2CCNCC2)cc1. The van der Waals surface area contributed by atoms with Crippen molar-refractivity contribution in [3.8, 4) is 0 Å². The molecule has 0 saturated carbocycles. The van der Waals surface area contributed by atoms with Gasteiger partial charge in [0.25, 0.3) is 0 Å². The molecule has 0 spiro atoms. The summed E-state index contributed by atoms with van der Waals surface area (Å²) in [6.07, 6.45) is 5.92. The van der Waals surface area contributed by atoms with Gasteiger partial charge in [-0.1, -0.05) is 48.5 Å². The number of piperidine rings is 1. The maximum Gasteiger partial charge on any atom is 0.165 e. The number of aromatic nitrogens is 2. The average molecular weight is 386 g/mol. The van der Waals surface area contributed by atoms with E-state index < -0.39 is 0 Å². The average Bonchev–Trinajstić information content (AvgIpc) is 2.79.